The number of hydrogen-bond acceptors (Lipinski definition) is 3. The Bertz CT molecular complexity index is 409. The van der Waals surface area contributed by atoms with Crippen molar-refractivity contribution in [3.8, 4) is 5.82 Å². The van der Waals surface area contributed by atoms with E-state index in [0.717, 1.165) is 5.56 Å². The van der Waals surface area contributed by atoms with E-state index >= 15 is 0 Å². The SMILES string of the molecule is CC(O)c1ccnc(-n2cccn2)c1. The van der Waals surface area contributed by atoms with Crippen molar-refractivity contribution < 1.29 is 5.11 Å². The molecule has 0 radical (unpaired) electrons. The van der Waals surface area contributed by atoms with Gasteiger partial charge in [0.25, 0.3) is 0 Å². The molecule has 0 fully saturated rings. The Labute approximate surface area is 81.8 Å². The molecule has 4 nitrogen and oxygen atoms in total. The highest BCUT2D eigenvalue weighted by Gasteiger charge is 2.03. The van der Waals surface area contributed by atoms with Gasteiger partial charge in [-0.1, -0.05) is 0 Å². The summed E-state index contributed by atoms with van der Waals surface area (Å²) < 4.78 is 1.66. The molecule has 1 atom stereocenters. The Balaban J connectivity index is 2.41. The van der Waals surface area contributed by atoms with Gasteiger partial charge in [0.15, 0.2) is 5.82 Å². The molecule has 2 heterocycles. The number of aliphatic hydroxyl groups is 1. The van der Waals surface area contributed by atoms with Gasteiger partial charge in [0, 0.05) is 18.6 Å². The van der Waals surface area contributed by atoms with Gasteiger partial charge in [-0.15, -0.1) is 0 Å². The van der Waals surface area contributed by atoms with Gasteiger partial charge in [-0.2, -0.15) is 5.10 Å². The van der Waals surface area contributed by atoms with Gasteiger partial charge in [0.1, 0.15) is 0 Å². The third-order valence-corrected chi connectivity index (χ3v) is 1.99. The maximum absolute atomic E-state index is 9.39. The lowest BCUT2D eigenvalue weighted by molar-refractivity contribution is 0.199. The number of pyridine rings is 1. The molecule has 14 heavy (non-hydrogen) atoms. The second kappa shape index (κ2) is 3.59. The third kappa shape index (κ3) is 1.65. The van der Waals surface area contributed by atoms with Gasteiger partial charge in [-0.3, -0.25) is 0 Å². The van der Waals surface area contributed by atoms with Crippen LogP contribution in [-0.2, 0) is 0 Å². The summed E-state index contributed by atoms with van der Waals surface area (Å²) in [5, 5.41) is 13.4. The Hall–Kier alpha value is -1.68. The Morgan fingerprint density at radius 3 is 2.93 bits per heavy atom. The number of hydrogen-bond donors (Lipinski definition) is 1. The van der Waals surface area contributed by atoms with Crippen molar-refractivity contribution in [3.05, 3.63) is 42.4 Å². The number of nitrogens with zero attached hydrogens (tertiary/aromatic N) is 3. The van der Waals surface area contributed by atoms with Crippen LogP contribution < -0.4 is 0 Å². The van der Waals surface area contributed by atoms with Gasteiger partial charge in [0.05, 0.1) is 6.10 Å². The van der Waals surface area contributed by atoms with Crippen LogP contribution in [0.5, 0.6) is 0 Å². The van der Waals surface area contributed by atoms with Crippen LogP contribution in [-0.4, -0.2) is 19.9 Å². The molecule has 1 N–H and O–H groups in total. The van der Waals surface area contributed by atoms with Gasteiger partial charge in [0.2, 0.25) is 0 Å². The highest BCUT2D eigenvalue weighted by molar-refractivity contribution is 5.27. The summed E-state index contributed by atoms with van der Waals surface area (Å²) in [5.74, 6) is 0.716. The van der Waals surface area contributed by atoms with Crippen molar-refractivity contribution in [1.82, 2.24) is 14.8 Å². The van der Waals surface area contributed by atoms with Crippen LogP contribution in [0.3, 0.4) is 0 Å². The van der Waals surface area contributed by atoms with E-state index in [1.54, 1.807) is 30.1 Å². The summed E-state index contributed by atoms with van der Waals surface area (Å²) >= 11 is 0. The molecule has 2 aromatic heterocycles. The van der Waals surface area contributed by atoms with Gasteiger partial charge in [-0.05, 0) is 30.7 Å². The molecule has 72 valence electrons. The summed E-state index contributed by atoms with van der Waals surface area (Å²) in [7, 11) is 0. The van der Waals surface area contributed by atoms with Crippen molar-refractivity contribution in [2.75, 3.05) is 0 Å². The van der Waals surface area contributed by atoms with Crippen molar-refractivity contribution in [2.45, 2.75) is 13.0 Å². The number of aromatic nitrogens is 3. The van der Waals surface area contributed by atoms with E-state index in [4.69, 9.17) is 0 Å². The van der Waals surface area contributed by atoms with E-state index in [0.29, 0.717) is 5.82 Å². The minimum Gasteiger partial charge on any atom is -0.389 e. The molecule has 0 aromatic carbocycles. The van der Waals surface area contributed by atoms with Crippen molar-refractivity contribution in [1.29, 1.82) is 0 Å². The summed E-state index contributed by atoms with van der Waals surface area (Å²) in [5.41, 5.74) is 0.838. The first-order chi connectivity index (χ1) is 6.77. The fourth-order valence-electron chi connectivity index (χ4n) is 1.22. The Kier molecular flexibility index (Phi) is 2.28. The fraction of sp³-hybridized carbons (Fsp3) is 0.200. The predicted molar refractivity (Wildman–Crippen MR) is 52.0 cm³/mol. The minimum absolute atomic E-state index is 0.479. The maximum Gasteiger partial charge on any atom is 0.153 e. The highest BCUT2D eigenvalue weighted by Crippen LogP contribution is 2.13. The first-order valence-corrected chi connectivity index (χ1v) is 4.41. The van der Waals surface area contributed by atoms with Gasteiger partial charge >= 0.3 is 0 Å². The van der Waals surface area contributed by atoms with E-state index in [1.165, 1.54) is 0 Å². The highest BCUT2D eigenvalue weighted by atomic mass is 16.3. The van der Waals surface area contributed by atoms with Crippen LogP contribution in [0.1, 0.15) is 18.6 Å². The van der Waals surface area contributed by atoms with Gasteiger partial charge in [-0.25, -0.2) is 9.67 Å². The molecule has 0 aliphatic carbocycles. The third-order valence-electron chi connectivity index (χ3n) is 1.99. The minimum atomic E-state index is -0.479. The fourth-order valence-corrected chi connectivity index (χ4v) is 1.22. The molecule has 0 aliphatic rings. The molecule has 0 saturated carbocycles. The van der Waals surface area contributed by atoms with Crippen LogP contribution in [0.2, 0.25) is 0 Å². The average Bonchev–Trinajstić information content (AvgIpc) is 2.71. The molecule has 1 unspecified atom stereocenters. The van der Waals surface area contributed by atoms with E-state index in [2.05, 4.69) is 10.1 Å². The monoisotopic (exact) mass is 189 g/mol. The average molecular weight is 189 g/mol. The lowest BCUT2D eigenvalue weighted by Crippen LogP contribution is -2.00. The molecule has 2 aromatic rings. The topological polar surface area (TPSA) is 50.9 Å². The smallest absolute Gasteiger partial charge is 0.153 e. The van der Waals surface area contributed by atoms with Gasteiger partial charge < -0.3 is 5.11 Å². The summed E-state index contributed by atoms with van der Waals surface area (Å²) in [6.07, 6.45) is 4.69. The molecule has 0 bridgehead atoms. The van der Waals surface area contributed by atoms with E-state index in [1.807, 2.05) is 18.3 Å². The number of rotatable bonds is 2. The molecular formula is C10H11N3O. The maximum atomic E-state index is 9.39. The van der Waals surface area contributed by atoms with Crippen molar-refractivity contribution >= 4 is 0 Å². The van der Waals surface area contributed by atoms with Crippen LogP contribution in [0.25, 0.3) is 5.82 Å². The zero-order valence-corrected chi connectivity index (χ0v) is 7.83. The number of aliphatic hydroxyl groups excluding tert-OH is 1. The summed E-state index contributed by atoms with van der Waals surface area (Å²) in [6.45, 7) is 1.72. The molecular weight excluding hydrogens is 178 g/mol. The Morgan fingerprint density at radius 2 is 2.29 bits per heavy atom. The van der Waals surface area contributed by atoms with E-state index in [-0.39, 0.29) is 0 Å². The van der Waals surface area contributed by atoms with Crippen LogP contribution in [0, 0.1) is 0 Å². The largest absolute Gasteiger partial charge is 0.389 e. The molecule has 0 saturated heterocycles. The van der Waals surface area contributed by atoms with Crippen LogP contribution >= 0.6 is 0 Å². The van der Waals surface area contributed by atoms with Crippen molar-refractivity contribution in [3.63, 3.8) is 0 Å². The standard InChI is InChI=1S/C10H11N3O/c1-8(14)9-3-5-11-10(7-9)13-6-2-4-12-13/h2-8,14H,1H3. The molecule has 0 spiro atoms. The van der Waals surface area contributed by atoms with Crippen molar-refractivity contribution in [2.24, 2.45) is 0 Å². The molecule has 0 aliphatic heterocycles. The van der Waals surface area contributed by atoms with E-state index < -0.39 is 6.10 Å². The molecule has 0 amide bonds. The molecule has 2 rings (SSSR count). The predicted octanol–water partition coefficient (Wildman–Crippen LogP) is 1.32. The first kappa shape index (κ1) is 8.90. The second-order valence-electron chi connectivity index (χ2n) is 3.07. The van der Waals surface area contributed by atoms with Crippen LogP contribution in [0.15, 0.2) is 36.8 Å². The molecule has 4 heteroatoms. The normalized spacial score (nSPS) is 12.7. The van der Waals surface area contributed by atoms with Crippen LogP contribution in [0.4, 0.5) is 0 Å². The quantitative estimate of drug-likeness (QED) is 0.775. The van der Waals surface area contributed by atoms with E-state index in [9.17, 15) is 5.11 Å². The Morgan fingerprint density at radius 1 is 1.43 bits per heavy atom. The summed E-state index contributed by atoms with van der Waals surface area (Å²) in [4.78, 5) is 4.15. The zero-order valence-electron chi connectivity index (χ0n) is 7.83. The lowest BCUT2D eigenvalue weighted by atomic mass is 10.2. The second-order valence-corrected chi connectivity index (χ2v) is 3.07. The lowest BCUT2D eigenvalue weighted by Gasteiger charge is -2.06. The first-order valence-electron chi connectivity index (χ1n) is 4.41. The summed E-state index contributed by atoms with van der Waals surface area (Å²) in [6, 6.07) is 5.44. The zero-order chi connectivity index (χ0) is 9.97.